The van der Waals surface area contributed by atoms with E-state index in [-0.39, 0.29) is 12.4 Å². The topological polar surface area (TPSA) is 85.0 Å². The Morgan fingerprint density at radius 1 is 1.23 bits per heavy atom. The minimum atomic E-state index is -0.331. The molecule has 0 unspecified atom stereocenters. The summed E-state index contributed by atoms with van der Waals surface area (Å²) in [6, 6.07) is 9.97. The van der Waals surface area contributed by atoms with Crippen LogP contribution in [0.5, 0.6) is 11.5 Å². The monoisotopic (exact) mass is 377 g/mol. The van der Waals surface area contributed by atoms with Crippen LogP contribution in [0.1, 0.15) is 18.1 Å². The number of aromatic amines is 1. The molecule has 2 N–H and O–H groups in total. The summed E-state index contributed by atoms with van der Waals surface area (Å²) in [6.45, 7) is 2.77. The van der Waals surface area contributed by atoms with Gasteiger partial charge in [0.15, 0.2) is 11.5 Å². The van der Waals surface area contributed by atoms with Crippen molar-refractivity contribution in [1.82, 2.24) is 20.6 Å². The molecule has 2 aromatic carbocycles. The Hall–Kier alpha value is -2.87. The average molecular weight is 378 g/mol. The third-order valence-electron chi connectivity index (χ3n) is 3.49. The first-order valence-electron chi connectivity index (χ1n) is 7.96. The van der Waals surface area contributed by atoms with E-state index in [1.807, 2.05) is 6.92 Å². The Kier molecular flexibility index (Phi) is 5.85. The van der Waals surface area contributed by atoms with E-state index in [9.17, 15) is 4.39 Å². The number of tetrazole rings is 1. The van der Waals surface area contributed by atoms with Crippen molar-refractivity contribution in [3.8, 4) is 11.5 Å². The van der Waals surface area contributed by atoms with Crippen LogP contribution in [-0.4, -0.2) is 27.2 Å². The molecule has 7 nitrogen and oxygen atoms in total. The van der Waals surface area contributed by atoms with E-state index in [0.29, 0.717) is 41.2 Å². The van der Waals surface area contributed by atoms with Gasteiger partial charge in [-0.15, -0.1) is 5.10 Å². The summed E-state index contributed by atoms with van der Waals surface area (Å²) in [5.41, 5.74) is 1.29. The molecule has 0 amide bonds. The van der Waals surface area contributed by atoms with Crippen molar-refractivity contribution in [3.63, 3.8) is 0 Å². The van der Waals surface area contributed by atoms with Crippen LogP contribution in [0.4, 0.5) is 10.3 Å². The molecule has 1 aromatic heterocycles. The molecule has 0 aliphatic rings. The molecule has 0 saturated heterocycles. The summed E-state index contributed by atoms with van der Waals surface area (Å²) in [5.74, 6) is 0.905. The van der Waals surface area contributed by atoms with Gasteiger partial charge in [0, 0.05) is 12.1 Å². The first kappa shape index (κ1) is 17.9. The lowest BCUT2D eigenvalue weighted by Crippen LogP contribution is -2.05. The molecular weight excluding hydrogens is 361 g/mol. The zero-order valence-corrected chi connectivity index (χ0v) is 14.8. The van der Waals surface area contributed by atoms with E-state index >= 15 is 0 Å². The molecular formula is C17H17ClFN5O2. The summed E-state index contributed by atoms with van der Waals surface area (Å²) in [7, 11) is 0. The number of halogens is 2. The van der Waals surface area contributed by atoms with Crippen LogP contribution in [0.2, 0.25) is 5.02 Å². The average Bonchev–Trinajstić information content (AvgIpc) is 3.14. The Balaban J connectivity index is 1.76. The van der Waals surface area contributed by atoms with Crippen molar-refractivity contribution >= 4 is 17.5 Å². The Bertz CT molecular complexity index is 860. The third-order valence-corrected chi connectivity index (χ3v) is 3.78. The highest BCUT2D eigenvalue weighted by Gasteiger charge is 2.14. The number of benzene rings is 2. The number of rotatable bonds is 8. The maximum Gasteiger partial charge on any atom is 0.263 e. The van der Waals surface area contributed by atoms with Gasteiger partial charge in [0.05, 0.1) is 11.6 Å². The Labute approximate surface area is 154 Å². The van der Waals surface area contributed by atoms with E-state index in [2.05, 4.69) is 25.9 Å². The second kappa shape index (κ2) is 8.48. The van der Waals surface area contributed by atoms with Gasteiger partial charge in [0.1, 0.15) is 12.4 Å². The molecule has 0 radical (unpaired) electrons. The van der Waals surface area contributed by atoms with Gasteiger partial charge in [-0.05, 0) is 35.9 Å². The molecule has 9 heteroatoms. The molecule has 0 atom stereocenters. The van der Waals surface area contributed by atoms with E-state index in [4.69, 9.17) is 21.1 Å². The molecule has 0 bridgehead atoms. The third kappa shape index (κ3) is 4.40. The molecule has 0 fully saturated rings. The molecule has 1 heterocycles. The van der Waals surface area contributed by atoms with Gasteiger partial charge in [-0.25, -0.2) is 4.39 Å². The minimum Gasteiger partial charge on any atom is -0.490 e. The predicted molar refractivity (Wildman–Crippen MR) is 94.9 cm³/mol. The van der Waals surface area contributed by atoms with Crippen LogP contribution >= 0.6 is 11.6 Å². The van der Waals surface area contributed by atoms with Gasteiger partial charge in [-0.1, -0.05) is 34.9 Å². The molecule has 0 saturated carbocycles. The van der Waals surface area contributed by atoms with Crippen molar-refractivity contribution in [1.29, 1.82) is 0 Å². The highest BCUT2D eigenvalue weighted by atomic mass is 35.5. The number of nitrogens with zero attached hydrogens (tertiary/aromatic N) is 3. The number of H-pyrrole nitrogens is 1. The Morgan fingerprint density at radius 2 is 2.08 bits per heavy atom. The second-order valence-corrected chi connectivity index (χ2v) is 5.71. The van der Waals surface area contributed by atoms with E-state index < -0.39 is 0 Å². The number of nitrogens with one attached hydrogen (secondary N) is 2. The smallest absolute Gasteiger partial charge is 0.263 e. The van der Waals surface area contributed by atoms with E-state index in [0.717, 1.165) is 5.56 Å². The number of anilines is 1. The molecule has 0 aliphatic heterocycles. The van der Waals surface area contributed by atoms with Crippen molar-refractivity contribution in [3.05, 3.63) is 58.4 Å². The van der Waals surface area contributed by atoms with Gasteiger partial charge in [0.25, 0.3) is 5.95 Å². The quantitative estimate of drug-likeness (QED) is 0.624. The zero-order chi connectivity index (χ0) is 18.4. The lowest BCUT2D eigenvalue weighted by molar-refractivity contribution is 0.266. The first-order chi connectivity index (χ1) is 12.7. The fraction of sp³-hybridized carbons (Fsp3) is 0.235. The lowest BCUT2D eigenvalue weighted by Gasteiger charge is -2.15. The largest absolute Gasteiger partial charge is 0.490 e. The number of hydrogen-bond donors (Lipinski definition) is 2. The van der Waals surface area contributed by atoms with Crippen LogP contribution in [-0.2, 0) is 13.2 Å². The van der Waals surface area contributed by atoms with Crippen LogP contribution in [0.15, 0.2) is 36.4 Å². The Morgan fingerprint density at radius 3 is 2.81 bits per heavy atom. The van der Waals surface area contributed by atoms with Gasteiger partial charge >= 0.3 is 0 Å². The fourth-order valence-electron chi connectivity index (χ4n) is 2.31. The van der Waals surface area contributed by atoms with Crippen LogP contribution in [0.25, 0.3) is 0 Å². The van der Waals surface area contributed by atoms with Crippen molar-refractivity contribution in [2.75, 3.05) is 11.9 Å². The lowest BCUT2D eigenvalue weighted by atomic mass is 10.2. The minimum absolute atomic E-state index is 0.0485. The zero-order valence-electron chi connectivity index (χ0n) is 14.0. The number of aromatic nitrogens is 4. The van der Waals surface area contributed by atoms with Crippen LogP contribution in [0.3, 0.4) is 0 Å². The predicted octanol–water partition coefficient (Wildman–Crippen LogP) is 3.58. The summed E-state index contributed by atoms with van der Waals surface area (Å²) >= 11 is 6.36. The van der Waals surface area contributed by atoms with Crippen molar-refractivity contribution in [2.45, 2.75) is 20.1 Å². The summed E-state index contributed by atoms with van der Waals surface area (Å²) in [5, 5.41) is 16.8. The van der Waals surface area contributed by atoms with Crippen LogP contribution in [0, 0.1) is 5.82 Å². The second-order valence-electron chi connectivity index (χ2n) is 5.31. The summed E-state index contributed by atoms with van der Waals surface area (Å²) in [4.78, 5) is 0. The molecule has 3 aromatic rings. The SMILES string of the molecule is CCOc1cc(CNc2nn[nH]n2)cc(Cl)c1OCc1ccccc1F. The van der Waals surface area contributed by atoms with Crippen molar-refractivity contribution < 1.29 is 13.9 Å². The van der Waals surface area contributed by atoms with Crippen LogP contribution < -0.4 is 14.8 Å². The molecule has 136 valence electrons. The van der Waals surface area contributed by atoms with E-state index in [1.165, 1.54) is 6.07 Å². The fourth-order valence-corrected chi connectivity index (χ4v) is 2.60. The highest BCUT2D eigenvalue weighted by Crippen LogP contribution is 2.37. The highest BCUT2D eigenvalue weighted by molar-refractivity contribution is 6.32. The molecule has 26 heavy (non-hydrogen) atoms. The molecule has 0 aliphatic carbocycles. The maximum absolute atomic E-state index is 13.8. The van der Waals surface area contributed by atoms with E-state index in [1.54, 1.807) is 30.3 Å². The standard InChI is InChI=1S/C17H17ClFN5O2/c1-2-25-15-8-11(9-20-17-21-23-24-22-17)7-13(18)16(15)26-10-12-5-3-4-6-14(12)19/h3-8H,2,9-10H2,1H3,(H2,20,21,22,23,24). The van der Waals surface area contributed by atoms with Gasteiger partial charge < -0.3 is 14.8 Å². The summed E-state index contributed by atoms with van der Waals surface area (Å²) in [6.07, 6.45) is 0. The number of hydrogen-bond acceptors (Lipinski definition) is 6. The van der Waals surface area contributed by atoms with Gasteiger partial charge in [0.2, 0.25) is 0 Å². The molecule has 0 spiro atoms. The summed E-state index contributed by atoms with van der Waals surface area (Å²) < 4.78 is 25.1. The van der Waals surface area contributed by atoms with Crippen molar-refractivity contribution in [2.24, 2.45) is 0 Å². The molecule has 3 rings (SSSR count). The number of ether oxygens (including phenoxy) is 2. The van der Waals surface area contributed by atoms with Gasteiger partial charge in [-0.2, -0.15) is 5.21 Å². The maximum atomic E-state index is 13.8. The van der Waals surface area contributed by atoms with Gasteiger partial charge in [-0.3, -0.25) is 0 Å². The first-order valence-corrected chi connectivity index (χ1v) is 8.34. The normalized spacial score (nSPS) is 10.6.